The number of fused-ring (bicyclic) bond motifs is 1. The smallest absolute Gasteiger partial charge is 0.126 e. The average Bonchev–Trinajstić information content (AvgIpc) is 3.11. The van der Waals surface area contributed by atoms with Gasteiger partial charge in [0.05, 0.1) is 0 Å². The molecule has 3 rings (SSSR count). The van der Waals surface area contributed by atoms with Gasteiger partial charge in [-0.2, -0.15) is 0 Å². The van der Waals surface area contributed by atoms with Gasteiger partial charge >= 0.3 is 0 Å². The molecular formula is C14H18BrNO. The first-order valence-electron chi connectivity index (χ1n) is 6.28. The minimum Gasteiger partial charge on any atom is -0.487 e. The zero-order valence-corrected chi connectivity index (χ0v) is 11.9. The predicted molar refractivity (Wildman–Crippen MR) is 72.3 cm³/mol. The Hall–Kier alpha value is -0.540. The molecule has 17 heavy (non-hydrogen) atoms. The van der Waals surface area contributed by atoms with Crippen LogP contribution in [0.15, 0.2) is 22.7 Å². The van der Waals surface area contributed by atoms with Crippen LogP contribution in [-0.4, -0.2) is 12.6 Å². The van der Waals surface area contributed by atoms with Crippen LogP contribution in [0.3, 0.4) is 0 Å². The van der Waals surface area contributed by atoms with Crippen LogP contribution in [-0.2, 0) is 0 Å². The zero-order chi connectivity index (χ0) is 12.0. The third-order valence-corrected chi connectivity index (χ3v) is 4.59. The molecule has 0 spiro atoms. The van der Waals surface area contributed by atoms with Crippen molar-refractivity contribution in [2.24, 2.45) is 5.92 Å². The molecule has 1 fully saturated rings. The second-order valence-electron chi connectivity index (χ2n) is 5.42. The highest BCUT2D eigenvalue weighted by atomic mass is 79.9. The van der Waals surface area contributed by atoms with E-state index >= 15 is 0 Å². The van der Waals surface area contributed by atoms with Crippen molar-refractivity contribution in [3.63, 3.8) is 0 Å². The number of ether oxygens (including phenoxy) is 1. The van der Waals surface area contributed by atoms with Gasteiger partial charge in [-0.25, -0.2) is 0 Å². The molecule has 0 bridgehead atoms. The topological polar surface area (TPSA) is 21.3 Å². The van der Waals surface area contributed by atoms with E-state index in [-0.39, 0.29) is 5.60 Å². The standard InChI is InChI=1S/C14H18BrNO/c1-14(9-3-4-9)8-12(16-2)11-6-5-10(15)7-13(11)17-14/h5-7,9,12,16H,3-4,8H2,1-2H3. The molecule has 2 unspecified atom stereocenters. The molecule has 1 heterocycles. The van der Waals surface area contributed by atoms with Gasteiger partial charge in [-0.1, -0.05) is 22.0 Å². The van der Waals surface area contributed by atoms with Gasteiger partial charge in [-0.3, -0.25) is 0 Å². The lowest BCUT2D eigenvalue weighted by atomic mass is 9.85. The highest BCUT2D eigenvalue weighted by Crippen LogP contribution is 2.50. The van der Waals surface area contributed by atoms with Crippen LogP contribution in [0.4, 0.5) is 0 Å². The summed E-state index contributed by atoms with van der Waals surface area (Å²) in [7, 11) is 2.04. The van der Waals surface area contributed by atoms with Crippen molar-refractivity contribution in [3.8, 4) is 5.75 Å². The van der Waals surface area contributed by atoms with Crippen LogP contribution in [0, 0.1) is 5.92 Å². The highest BCUT2D eigenvalue weighted by molar-refractivity contribution is 9.10. The molecule has 1 saturated carbocycles. The van der Waals surface area contributed by atoms with E-state index in [1.165, 1.54) is 18.4 Å². The van der Waals surface area contributed by atoms with Gasteiger partial charge in [0.15, 0.2) is 0 Å². The molecule has 0 aromatic heterocycles. The van der Waals surface area contributed by atoms with Gasteiger partial charge in [0.2, 0.25) is 0 Å². The quantitative estimate of drug-likeness (QED) is 0.899. The van der Waals surface area contributed by atoms with Crippen molar-refractivity contribution in [1.29, 1.82) is 0 Å². The summed E-state index contributed by atoms with van der Waals surface area (Å²) in [6, 6.07) is 6.76. The first-order valence-corrected chi connectivity index (χ1v) is 7.07. The Bertz CT molecular complexity index is 444. The highest BCUT2D eigenvalue weighted by Gasteiger charge is 2.47. The normalized spacial score (nSPS) is 31.8. The fraction of sp³-hybridized carbons (Fsp3) is 0.571. The molecule has 92 valence electrons. The minimum absolute atomic E-state index is 0.0153. The first kappa shape index (κ1) is 11.5. The van der Waals surface area contributed by atoms with Crippen molar-refractivity contribution in [1.82, 2.24) is 5.32 Å². The minimum atomic E-state index is 0.0153. The summed E-state index contributed by atoms with van der Waals surface area (Å²) in [5, 5.41) is 3.42. The van der Waals surface area contributed by atoms with E-state index in [9.17, 15) is 0 Å². The summed E-state index contributed by atoms with van der Waals surface area (Å²) in [6.45, 7) is 2.26. The predicted octanol–water partition coefficient (Wildman–Crippen LogP) is 3.66. The summed E-state index contributed by atoms with van der Waals surface area (Å²) < 4.78 is 7.38. The summed E-state index contributed by atoms with van der Waals surface area (Å²) in [6.07, 6.45) is 3.70. The van der Waals surface area contributed by atoms with Crippen molar-refractivity contribution in [3.05, 3.63) is 28.2 Å². The molecule has 3 heteroatoms. The van der Waals surface area contributed by atoms with E-state index in [4.69, 9.17) is 4.74 Å². The molecule has 1 aliphatic carbocycles. The lowest BCUT2D eigenvalue weighted by molar-refractivity contribution is 0.0279. The van der Waals surface area contributed by atoms with Gasteiger partial charge < -0.3 is 10.1 Å². The van der Waals surface area contributed by atoms with Crippen molar-refractivity contribution in [2.45, 2.75) is 37.8 Å². The van der Waals surface area contributed by atoms with E-state index < -0.39 is 0 Å². The van der Waals surface area contributed by atoms with Crippen molar-refractivity contribution < 1.29 is 4.74 Å². The Morgan fingerprint density at radius 2 is 2.18 bits per heavy atom. The molecule has 1 N–H and O–H groups in total. The molecule has 2 atom stereocenters. The largest absolute Gasteiger partial charge is 0.487 e. The second-order valence-corrected chi connectivity index (χ2v) is 6.33. The van der Waals surface area contributed by atoms with Crippen LogP contribution < -0.4 is 10.1 Å². The summed E-state index contributed by atoms with van der Waals surface area (Å²) in [5.41, 5.74) is 1.30. The molecule has 0 amide bonds. The maximum Gasteiger partial charge on any atom is 0.126 e. The molecule has 1 aliphatic heterocycles. The molecule has 2 aliphatic rings. The number of hydrogen-bond donors (Lipinski definition) is 1. The summed E-state index contributed by atoms with van der Waals surface area (Å²) in [5.74, 6) is 1.78. The van der Waals surface area contributed by atoms with Gasteiger partial charge in [0, 0.05) is 22.5 Å². The fourth-order valence-electron chi connectivity index (χ4n) is 2.89. The molecule has 1 aromatic rings. The van der Waals surface area contributed by atoms with Gasteiger partial charge in [-0.05, 0) is 44.9 Å². The molecule has 1 aromatic carbocycles. The number of benzene rings is 1. The first-order chi connectivity index (χ1) is 8.12. The molecule has 0 radical (unpaired) electrons. The lowest BCUT2D eigenvalue weighted by Crippen LogP contribution is -2.42. The molecule has 0 saturated heterocycles. The Morgan fingerprint density at radius 3 is 2.82 bits per heavy atom. The van der Waals surface area contributed by atoms with E-state index in [0.29, 0.717) is 6.04 Å². The second kappa shape index (κ2) is 3.99. The van der Waals surface area contributed by atoms with Crippen LogP contribution in [0.25, 0.3) is 0 Å². The summed E-state index contributed by atoms with van der Waals surface area (Å²) in [4.78, 5) is 0. The Kier molecular flexibility index (Phi) is 2.71. The van der Waals surface area contributed by atoms with Crippen LogP contribution in [0.1, 0.15) is 37.8 Å². The lowest BCUT2D eigenvalue weighted by Gasteiger charge is -2.40. The number of nitrogens with one attached hydrogen (secondary N) is 1. The molecular weight excluding hydrogens is 278 g/mol. The Balaban J connectivity index is 2.00. The van der Waals surface area contributed by atoms with Crippen LogP contribution >= 0.6 is 15.9 Å². The number of hydrogen-bond acceptors (Lipinski definition) is 2. The SMILES string of the molecule is CNC1CC(C)(C2CC2)Oc2cc(Br)ccc21. The van der Waals surface area contributed by atoms with Gasteiger partial charge in [0.25, 0.3) is 0 Å². The molecule has 2 nitrogen and oxygen atoms in total. The van der Waals surface area contributed by atoms with Crippen molar-refractivity contribution in [2.75, 3.05) is 7.05 Å². The number of rotatable bonds is 2. The van der Waals surface area contributed by atoms with E-state index in [2.05, 4.69) is 46.4 Å². The zero-order valence-electron chi connectivity index (χ0n) is 10.3. The van der Waals surface area contributed by atoms with Crippen LogP contribution in [0.2, 0.25) is 0 Å². The van der Waals surface area contributed by atoms with Gasteiger partial charge in [-0.15, -0.1) is 0 Å². The van der Waals surface area contributed by atoms with E-state index in [1.54, 1.807) is 0 Å². The number of halogens is 1. The monoisotopic (exact) mass is 295 g/mol. The van der Waals surface area contributed by atoms with Gasteiger partial charge in [0.1, 0.15) is 11.4 Å². The van der Waals surface area contributed by atoms with E-state index in [1.807, 2.05) is 7.05 Å². The third kappa shape index (κ3) is 2.00. The fourth-order valence-corrected chi connectivity index (χ4v) is 3.23. The maximum absolute atomic E-state index is 6.29. The summed E-state index contributed by atoms with van der Waals surface area (Å²) >= 11 is 3.52. The maximum atomic E-state index is 6.29. The van der Waals surface area contributed by atoms with E-state index in [0.717, 1.165) is 22.6 Å². The Labute approximate surface area is 111 Å². The Morgan fingerprint density at radius 1 is 1.41 bits per heavy atom. The van der Waals surface area contributed by atoms with Crippen LogP contribution in [0.5, 0.6) is 5.75 Å². The average molecular weight is 296 g/mol. The third-order valence-electron chi connectivity index (χ3n) is 4.09. The van der Waals surface area contributed by atoms with Crippen molar-refractivity contribution >= 4 is 15.9 Å².